The largest absolute Gasteiger partial charge is 0.507 e. The maximum Gasteiger partial charge on any atom is 0.351 e. The number of carboxylic acid groups (broad SMARTS) is 1. The highest BCUT2D eigenvalue weighted by molar-refractivity contribution is 7.13. The number of esters is 1. The quantitative estimate of drug-likeness (QED) is 0.0246. The Bertz CT molecular complexity index is 2490. The van der Waals surface area contributed by atoms with Gasteiger partial charge in [0.2, 0.25) is 0 Å². The standard InChI is InChI=1S/C27H34O6S.C25H30O6S.2CH4/c1-5-7-12-20-14-15-21(34-20)16-19(6-2)26(30)25-22(28)17-23(33-27(25)31)18(3)11-9-8-10-13-24(29)32-4;1-4-6-10-18-12-13-19(32-18)14-17(5-2)24(29)23-20(26)15-21(31-25(23)30)16(3)9-7-8-11-22(27)28;;/h8,10,14-18,28H,5-7,9,11-13H2,1-4H3;8,11-16,26H,4-7,9-10H2,1-3H3,(H,27,28);2*1H4/b10-8+,19-16?;11-8+,17-14?;;. The minimum absolute atomic E-state index is 0. The number of rotatable bonds is 25. The first-order valence-electron chi connectivity index (χ1n) is 22.6. The van der Waals surface area contributed by atoms with Gasteiger partial charge in [-0.1, -0.05) is 87.5 Å². The molecule has 0 aromatic carbocycles. The van der Waals surface area contributed by atoms with Crippen LogP contribution in [0.25, 0.3) is 12.2 Å². The van der Waals surface area contributed by atoms with Gasteiger partial charge >= 0.3 is 23.2 Å². The van der Waals surface area contributed by atoms with Gasteiger partial charge < -0.3 is 28.9 Å². The first kappa shape index (κ1) is 60.2. The first-order valence-corrected chi connectivity index (χ1v) is 24.2. The molecular weight excluding hydrogens is 905 g/mol. The number of ether oxygens (including phenoxy) is 1. The van der Waals surface area contributed by atoms with Gasteiger partial charge in [-0.25, -0.2) is 14.4 Å². The lowest BCUT2D eigenvalue weighted by atomic mass is 9.98. The highest BCUT2D eigenvalue weighted by Crippen LogP contribution is 2.30. The van der Waals surface area contributed by atoms with Crippen LogP contribution in [0.2, 0.25) is 0 Å². The number of methoxy groups -OCH3 is 1. The Labute approximate surface area is 409 Å². The molecule has 4 heterocycles. The monoisotopic (exact) mass is 976 g/mol. The number of Topliss-reactive ketones (excluding diaryl/α,β-unsaturated/α-hetero) is 2. The van der Waals surface area contributed by atoms with E-state index in [1.165, 1.54) is 35.1 Å². The van der Waals surface area contributed by atoms with E-state index < -0.39 is 34.5 Å². The van der Waals surface area contributed by atoms with Gasteiger partial charge in [-0.3, -0.25) is 14.4 Å². The van der Waals surface area contributed by atoms with Gasteiger partial charge in [0, 0.05) is 60.7 Å². The number of aryl methyl sites for hydroxylation is 2. The Morgan fingerprint density at radius 3 is 1.47 bits per heavy atom. The second-order valence-electron chi connectivity index (χ2n) is 15.9. The number of hydrogen-bond donors (Lipinski definition) is 3. The molecule has 14 heteroatoms. The van der Waals surface area contributed by atoms with Gasteiger partial charge in [0.15, 0.2) is 11.6 Å². The minimum Gasteiger partial charge on any atom is -0.507 e. The normalized spacial score (nSPS) is 12.5. The van der Waals surface area contributed by atoms with E-state index in [1.807, 2.05) is 39.0 Å². The van der Waals surface area contributed by atoms with Crippen LogP contribution in [-0.4, -0.2) is 45.9 Å². The summed E-state index contributed by atoms with van der Waals surface area (Å²) in [6.45, 7) is 11.6. The van der Waals surface area contributed by atoms with E-state index in [0.29, 0.717) is 55.4 Å². The molecule has 2 unspecified atom stereocenters. The molecule has 0 radical (unpaired) electrons. The fourth-order valence-corrected chi connectivity index (χ4v) is 8.72. The predicted octanol–water partition coefficient (Wildman–Crippen LogP) is 13.7. The van der Waals surface area contributed by atoms with Crippen molar-refractivity contribution < 1.29 is 48.1 Å². The molecule has 0 aliphatic heterocycles. The van der Waals surface area contributed by atoms with Crippen molar-refractivity contribution in [2.45, 2.75) is 152 Å². The Morgan fingerprint density at radius 2 is 1.10 bits per heavy atom. The molecule has 0 amide bonds. The zero-order valence-electron chi connectivity index (χ0n) is 39.1. The number of unbranched alkanes of at least 4 members (excludes halogenated alkanes) is 2. The summed E-state index contributed by atoms with van der Waals surface area (Å²) in [6, 6.07) is 10.7. The summed E-state index contributed by atoms with van der Waals surface area (Å²) in [5.74, 6) is -2.95. The van der Waals surface area contributed by atoms with Crippen molar-refractivity contribution in [1.29, 1.82) is 0 Å². The summed E-state index contributed by atoms with van der Waals surface area (Å²) < 4.78 is 15.3. The summed E-state index contributed by atoms with van der Waals surface area (Å²) >= 11 is 3.25. The molecule has 0 bridgehead atoms. The number of carbonyl (C=O) groups excluding carboxylic acids is 3. The number of carbonyl (C=O) groups is 4. The van der Waals surface area contributed by atoms with Crippen LogP contribution in [0.15, 0.2) is 90.3 Å². The Morgan fingerprint density at radius 1 is 0.676 bits per heavy atom. The van der Waals surface area contributed by atoms with Crippen molar-refractivity contribution in [3.63, 3.8) is 0 Å². The SMILES string of the molecule is C.C.CCCCc1ccc(C=C(CC)C(=O)c2c(O)cc(C(C)CC/C=C/C(=O)O)oc2=O)s1.CCCCc1ccc(C=C(CC)C(=O)c2c(O)cc(C(C)CC/C=C/CC(=O)OC)oc2=O)s1. The third-order valence-electron chi connectivity index (χ3n) is 10.7. The van der Waals surface area contributed by atoms with Crippen molar-refractivity contribution >= 4 is 58.3 Å². The van der Waals surface area contributed by atoms with Gasteiger partial charge in [0.05, 0.1) is 13.5 Å². The van der Waals surface area contributed by atoms with E-state index >= 15 is 0 Å². The third kappa shape index (κ3) is 19.0. The predicted molar refractivity (Wildman–Crippen MR) is 276 cm³/mol. The topological polar surface area (TPSA) is 199 Å². The van der Waals surface area contributed by atoms with Crippen LogP contribution >= 0.6 is 22.7 Å². The van der Waals surface area contributed by atoms with Crippen LogP contribution in [-0.2, 0) is 27.2 Å². The van der Waals surface area contributed by atoms with E-state index in [-0.39, 0.29) is 61.7 Å². The molecule has 2 atom stereocenters. The number of ketones is 2. The summed E-state index contributed by atoms with van der Waals surface area (Å²) in [4.78, 5) is 77.3. The summed E-state index contributed by atoms with van der Waals surface area (Å²) in [6.07, 6.45) is 19.5. The number of aromatic hydroxyl groups is 2. The van der Waals surface area contributed by atoms with Crippen LogP contribution in [0.3, 0.4) is 0 Å². The fraction of sp³-hybridized carbons (Fsp3) is 0.444. The number of hydrogen-bond acceptors (Lipinski definition) is 13. The van der Waals surface area contributed by atoms with E-state index in [9.17, 15) is 39.0 Å². The average molecular weight is 977 g/mol. The highest BCUT2D eigenvalue weighted by atomic mass is 32.1. The van der Waals surface area contributed by atoms with E-state index in [1.54, 1.807) is 47.8 Å². The molecule has 0 aliphatic carbocycles. The molecule has 12 nitrogen and oxygen atoms in total. The zero-order valence-corrected chi connectivity index (χ0v) is 40.7. The molecule has 0 saturated heterocycles. The van der Waals surface area contributed by atoms with Crippen LogP contribution in [0.1, 0.15) is 191 Å². The van der Waals surface area contributed by atoms with Crippen molar-refractivity contribution in [3.8, 4) is 11.5 Å². The number of thiophene rings is 2. The summed E-state index contributed by atoms with van der Waals surface area (Å²) in [5, 5.41) is 29.6. The lowest BCUT2D eigenvalue weighted by Crippen LogP contribution is -2.17. The van der Waals surface area contributed by atoms with E-state index in [4.69, 9.17) is 13.9 Å². The molecular formula is C54H72O12S2. The second kappa shape index (κ2) is 31.2. The second-order valence-corrected chi connectivity index (χ2v) is 18.3. The highest BCUT2D eigenvalue weighted by Gasteiger charge is 2.25. The Balaban J connectivity index is 0.000000662. The van der Waals surface area contributed by atoms with Crippen molar-refractivity contribution in [2.75, 3.05) is 7.11 Å². The van der Waals surface area contributed by atoms with Gasteiger partial charge in [-0.15, -0.1) is 22.7 Å². The van der Waals surface area contributed by atoms with Crippen LogP contribution in [0, 0.1) is 0 Å². The fourth-order valence-electron chi connectivity index (χ4n) is 6.68. The lowest BCUT2D eigenvalue weighted by Gasteiger charge is -2.11. The molecule has 4 rings (SSSR count). The molecule has 3 N–H and O–H groups in total. The van der Waals surface area contributed by atoms with E-state index in [0.717, 1.165) is 54.4 Å². The molecule has 0 spiro atoms. The number of carboxylic acids is 1. The maximum atomic E-state index is 13.1. The molecule has 372 valence electrons. The van der Waals surface area contributed by atoms with Gasteiger partial charge in [0.25, 0.3) is 0 Å². The van der Waals surface area contributed by atoms with Crippen molar-refractivity contribution in [1.82, 2.24) is 0 Å². The maximum absolute atomic E-state index is 13.1. The lowest BCUT2D eigenvalue weighted by molar-refractivity contribution is -0.139. The number of aliphatic carboxylic acids is 1. The number of allylic oxidation sites excluding steroid dienone is 4. The van der Waals surface area contributed by atoms with Crippen LogP contribution < -0.4 is 11.3 Å². The Hall–Kier alpha value is -5.86. The molecule has 4 aromatic rings. The minimum atomic E-state index is -1.02. The van der Waals surface area contributed by atoms with Gasteiger partial charge in [-0.2, -0.15) is 0 Å². The molecule has 0 fully saturated rings. The van der Waals surface area contributed by atoms with Crippen molar-refractivity contribution in [2.24, 2.45) is 0 Å². The molecule has 0 saturated carbocycles. The molecule has 0 aliphatic rings. The van der Waals surface area contributed by atoms with Gasteiger partial charge in [-0.05, 0) is 101 Å². The summed E-state index contributed by atoms with van der Waals surface area (Å²) in [5.41, 5.74) is -1.51. The van der Waals surface area contributed by atoms with Crippen LogP contribution in [0.5, 0.6) is 11.5 Å². The van der Waals surface area contributed by atoms with E-state index in [2.05, 4.69) is 30.7 Å². The average Bonchev–Trinajstić information content (AvgIpc) is 3.95. The van der Waals surface area contributed by atoms with Gasteiger partial charge in [0.1, 0.15) is 34.1 Å². The smallest absolute Gasteiger partial charge is 0.351 e. The molecule has 4 aromatic heterocycles. The summed E-state index contributed by atoms with van der Waals surface area (Å²) in [7, 11) is 1.34. The zero-order chi connectivity index (χ0) is 48.8. The Kier molecular flexibility index (Phi) is 27.6. The molecule has 68 heavy (non-hydrogen) atoms. The van der Waals surface area contributed by atoms with Crippen LogP contribution in [0.4, 0.5) is 0 Å². The third-order valence-corrected chi connectivity index (χ3v) is 12.9. The first-order chi connectivity index (χ1) is 31.6. The van der Waals surface area contributed by atoms with Crippen molar-refractivity contribution in [3.05, 3.63) is 135 Å².